The molecule has 0 aromatic heterocycles. The maximum absolute atomic E-state index is 11.3. The van der Waals surface area contributed by atoms with Gasteiger partial charge in [0.2, 0.25) is 0 Å². The van der Waals surface area contributed by atoms with Crippen LogP contribution in [-0.4, -0.2) is 16.9 Å². The van der Waals surface area contributed by atoms with E-state index < -0.39 is 11.4 Å². The molecule has 0 unspecified atom stereocenters. The SMILES string of the molecule is CC1=CC(=O)C(=CC(=O)O)C1(C)C. The summed E-state index contributed by atoms with van der Waals surface area (Å²) in [6.45, 7) is 5.53. The number of carbonyl (C=O) groups excluding carboxylic acids is 1. The highest BCUT2D eigenvalue weighted by Gasteiger charge is 2.35. The van der Waals surface area contributed by atoms with Gasteiger partial charge in [0.05, 0.1) is 0 Å². The number of hydrogen-bond acceptors (Lipinski definition) is 2. The second kappa shape index (κ2) is 2.83. The molecule has 0 aromatic carbocycles. The summed E-state index contributed by atoms with van der Waals surface area (Å²) in [5, 5.41) is 8.56. The minimum atomic E-state index is -1.07. The van der Waals surface area contributed by atoms with Gasteiger partial charge in [-0.2, -0.15) is 0 Å². The van der Waals surface area contributed by atoms with E-state index in [4.69, 9.17) is 5.11 Å². The van der Waals surface area contributed by atoms with E-state index in [1.807, 2.05) is 20.8 Å². The van der Waals surface area contributed by atoms with Crippen LogP contribution in [0.25, 0.3) is 0 Å². The highest BCUT2D eigenvalue weighted by Crippen LogP contribution is 2.40. The molecule has 1 N–H and O–H groups in total. The van der Waals surface area contributed by atoms with Crippen molar-refractivity contribution in [2.24, 2.45) is 5.41 Å². The minimum absolute atomic E-state index is 0.190. The molecule has 3 heteroatoms. The third-order valence-electron chi connectivity index (χ3n) is 2.54. The van der Waals surface area contributed by atoms with Crippen LogP contribution in [0.5, 0.6) is 0 Å². The van der Waals surface area contributed by atoms with Crippen molar-refractivity contribution in [3.05, 3.63) is 23.3 Å². The lowest BCUT2D eigenvalue weighted by Crippen LogP contribution is -2.15. The van der Waals surface area contributed by atoms with Crippen LogP contribution >= 0.6 is 0 Å². The lowest BCUT2D eigenvalue weighted by Gasteiger charge is -2.20. The summed E-state index contributed by atoms with van der Waals surface area (Å²) < 4.78 is 0. The maximum atomic E-state index is 11.3. The van der Waals surface area contributed by atoms with E-state index in [1.54, 1.807) is 0 Å². The summed E-state index contributed by atoms with van der Waals surface area (Å²) in [5.41, 5.74) is 0.831. The quantitative estimate of drug-likeness (QED) is 0.623. The fourth-order valence-electron chi connectivity index (χ4n) is 1.35. The smallest absolute Gasteiger partial charge is 0.328 e. The molecule has 3 nitrogen and oxygen atoms in total. The van der Waals surface area contributed by atoms with Crippen molar-refractivity contribution in [2.45, 2.75) is 20.8 Å². The van der Waals surface area contributed by atoms with Gasteiger partial charge >= 0.3 is 5.97 Å². The maximum Gasteiger partial charge on any atom is 0.328 e. The highest BCUT2D eigenvalue weighted by atomic mass is 16.4. The predicted molar refractivity (Wildman–Crippen MR) is 48.3 cm³/mol. The average Bonchev–Trinajstić information content (AvgIpc) is 2.13. The molecule has 0 saturated heterocycles. The van der Waals surface area contributed by atoms with E-state index in [-0.39, 0.29) is 5.78 Å². The second-order valence-electron chi connectivity index (χ2n) is 3.71. The van der Waals surface area contributed by atoms with Crippen LogP contribution in [-0.2, 0) is 9.59 Å². The standard InChI is InChI=1S/C10H12O3/c1-6-4-8(11)7(5-9(12)13)10(6,2)3/h4-5H,1-3H3,(H,12,13). The van der Waals surface area contributed by atoms with Crippen molar-refractivity contribution in [2.75, 3.05) is 0 Å². The molecule has 0 bridgehead atoms. The van der Waals surface area contributed by atoms with E-state index in [9.17, 15) is 9.59 Å². The minimum Gasteiger partial charge on any atom is -0.478 e. The monoisotopic (exact) mass is 180 g/mol. The predicted octanol–water partition coefficient (Wildman–Crippen LogP) is 1.55. The number of carboxylic acids is 1. The van der Waals surface area contributed by atoms with Crippen LogP contribution in [0, 0.1) is 5.41 Å². The Kier molecular flexibility index (Phi) is 2.12. The molecule has 0 amide bonds. The molecule has 0 radical (unpaired) electrons. The van der Waals surface area contributed by atoms with Crippen LogP contribution in [0.2, 0.25) is 0 Å². The molecule has 0 spiro atoms. The zero-order valence-corrected chi connectivity index (χ0v) is 7.92. The Balaban J connectivity index is 3.17. The summed E-state index contributed by atoms with van der Waals surface area (Å²) in [5.74, 6) is -1.26. The largest absolute Gasteiger partial charge is 0.478 e. The van der Waals surface area contributed by atoms with Crippen LogP contribution in [0.1, 0.15) is 20.8 Å². The first-order chi connectivity index (χ1) is 5.85. The topological polar surface area (TPSA) is 54.4 Å². The van der Waals surface area contributed by atoms with E-state index in [1.165, 1.54) is 6.08 Å². The van der Waals surface area contributed by atoms with Crippen LogP contribution in [0.4, 0.5) is 0 Å². The zero-order chi connectivity index (χ0) is 10.2. The Labute approximate surface area is 76.8 Å². The second-order valence-corrected chi connectivity index (χ2v) is 3.71. The van der Waals surface area contributed by atoms with Crippen molar-refractivity contribution >= 4 is 11.8 Å². The first-order valence-electron chi connectivity index (χ1n) is 4.04. The van der Waals surface area contributed by atoms with Crippen molar-refractivity contribution in [3.63, 3.8) is 0 Å². The Bertz CT molecular complexity index is 332. The molecule has 13 heavy (non-hydrogen) atoms. The molecular weight excluding hydrogens is 168 g/mol. The van der Waals surface area contributed by atoms with Gasteiger partial charge < -0.3 is 5.11 Å². The van der Waals surface area contributed by atoms with Crippen molar-refractivity contribution in [1.29, 1.82) is 0 Å². The number of carboxylic acid groups (broad SMARTS) is 1. The Morgan fingerprint density at radius 3 is 2.38 bits per heavy atom. The molecule has 1 aliphatic carbocycles. The molecule has 1 rings (SSSR count). The first-order valence-corrected chi connectivity index (χ1v) is 4.04. The normalized spacial score (nSPS) is 23.5. The molecule has 0 fully saturated rings. The van der Waals surface area contributed by atoms with Crippen LogP contribution in [0.3, 0.4) is 0 Å². The van der Waals surface area contributed by atoms with Crippen LogP contribution < -0.4 is 0 Å². The van der Waals surface area contributed by atoms with Gasteiger partial charge in [-0.1, -0.05) is 19.4 Å². The highest BCUT2D eigenvalue weighted by molar-refractivity contribution is 6.11. The third-order valence-corrected chi connectivity index (χ3v) is 2.54. The van der Waals surface area contributed by atoms with Gasteiger partial charge in [0, 0.05) is 17.1 Å². The van der Waals surface area contributed by atoms with Crippen molar-refractivity contribution in [1.82, 2.24) is 0 Å². The zero-order valence-electron chi connectivity index (χ0n) is 7.92. The van der Waals surface area contributed by atoms with Gasteiger partial charge in [-0.05, 0) is 13.0 Å². The van der Waals surface area contributed by atoms with Gasteiger partial charge in [-0.3, -0.25) is 4.79 Å². The number of rotatable bonds is 1. The Hall–Kier alpha value is -1.38. The molecule has 0 saturated carbocycles. The van der Waals surface area contributed by atoms with E-state index in [0.717, 1.165) is 11.6 Å². The number of ketones is 1. The fourth-order valence-corrected chi connectivity index (χ4v) is 1.35. The molecule has 0 aliphatic heterocycles. The first kappa shape index (κ1) is 9.71. The molecular formula is C10H12O3. The van der Waals surface area contributed by atoms with Gasteiger partial charge in [0.15, 0.2) is 5.78 Å². The number of aliphatic carboxylic acids is 1. The summed E-state index contributed by atoms with van der Waals surface area (Å²) >= 11 is 0. The summed E-state index contributed by atoms with van der Waals surface area (Å²) in [6.07, 6.45) is 2.49. The van der Waals surface area contributed by atoms with Gasteiger partial charge in [-0.15, -0.1) is 0 Å². The number of hydrogen-bond donors (Lipinski definition) is 1. The summed E-state index contributed by atoms with van der Waals surface area (Å²) in [4.78, 5) is 21.8. The number of carbonyl (C=O) groups is 2. The third kappa shape index (κ3) is 1.54. The van der Waals surface area contributed by atoms with E-state index in [0.29, 0.717) is 5.57 Å². The van der Waals surface area contributed by atoms with Gasteiger partial charge in [0.1, 0.15) is 0 Å². The average molecular weight is 180 g/mol. The van der Waals surface area contributed by atoms with Crippen LogP contribution in [0.15, 0.2) is 23.3 Å². The fraction of sp³-hybridized carbons (Fsp3) is 0.400. The molecule has 0 aromatic rings. The Morgan fingerprint density at radius 2 is 2.08 bits per heavy atom. The lowest BCUT2D eigenvalue weighted by molar-refractivity contribution is -0.131. The molecule has 0 atom stereocenters. The Morgan fingerprint density at radius 1 is 1.54 bits per heavy atom. The summed E-state index contributed by atoms with van der Waals surface area (Å²) in [7, 11) is 0. The molecule has 0 heterocycles. The molecule has 70 valence electrons. The van der Waals surface area contributed by atoms with E-state index in [2.05, 4.69) is 0 Å². The van der Waals surface area contributed by atoms with E-state index >= 15 is 0 Å². The molecule has 1 aliphatic rings. The number of allylic oxidation sites excluding steroid dienone is 3. The summed E-state index contributed by atoms with van der Waals surface area (Å²) in [6, 6.07) is 0. The van der Waals surface area contributed by atoms with Gasteiger partial charge in [0.25, 0.3) is 0 Å². The van der Waals surface area contributed by atoms with Gasteiger partial charge in [-0.25, -0.2) is 4.79 Å². The van der Waals surface area contributed by atoms with Crippen molar-refractivity contribution in [3.8, 4) is 0 Å². The lowest BCUT2D eigenvalue weighted by atomic mass is 9.82. The van der Waals surface area contributed by atoms with Crippen molar-refractivity contribution < 1.29 is 14.7 Å².